The van der Waals surface area contributed by atoms with Crippen LogP contribution in [0.25, 0.3) is 10.9 Å². The summed E-state index contributed by atoms with van der Waals surface area (Å²) in [6.45, 7) is 4.43. The fourth-order valence-corrected chi connectivity index (χ4v) is 2.89. The molecular weight excluding hydrogens is 293 g/mol. The molecule has 2 aromatic carbocycles. The van der Waals surface area contributed by atoms with Gasteiger partial charge in [0.1, 0.15) is 12.4 Å². The minimum Gasteiger partial charge on any atom is -0.493 e. The quantitative estimate of drug-likeness (QED) is 0.665. The molecule has 120 valence electrons. The minimum atomic E-state index is -0.209. The lowest BCUT2D eigenvalue weighted by Gasteiger charge is -2.16. The van der Waals surface area contributed by atoms with Crippen LogP contribution in [0.2, 0.25) is 0 Å². The highest BCUT2D eigenvalue weighted by Gasteiger charge is 2.15. The van der Waals surface area contributed by atoms with Gasteiger partial charge in [0, 0.05) is 11.4 Å². The van der Waals surface area contributed by atoms with Crippen LogP contribution in [-0.4, -0.2) is 11.7 Å². The van der Waals surface area contributed by atoms with E-state index in [2.05, 4.69) is 0 Å². The summed E-state index contributed by atoms with van der Waals surface area (Å²) in [5, 5.41) is 0.886. The summed E-state index contributed by atoms with van der Waals surface area (Å²) in [4.78, 5) is 0. The molecule has 1 heterocycles. The van der Waals surface area contributed by atoms with E-state index in [4.69, 9.17) is 9.47 Å². The number of hydrogen-bond acceptors (Lipinski definition) is 2. The minimum absolute atomic E-state index is 0.140. The van der Waals surface area contributed by atoms with Crippen LogP contribution >= 0.6 is 0 Å². The van der Waals surface area contributed by atoms with Crippen LogP contribution in [0.1, 0.15) is 25.6 Å². The maximum Gasteiger partial charge on any atom is 0.161 e. The Bertz CT molecular complexity index is 823. The number of aromatic nitrogens is 1. The fourth-order valence-electron chi connectivity index (χ4n) is 2.89. The predicted molar refractivity (Wildman–Crippen MR) is 89.6 cm³/mol. The monoisotopic (exact) mass is 313 g/mol. The van der Waals surface area contributed by atoms with E-state index in [1.54, 1.807) is 13.2 Å². The van der Waals surface area contributed by atoms with Crippen molar-refractivity contribution in [3.8, 4) is 11.5 Å². The molecule has 0 N–H and O–H groups in total. The summed E-state index contributed by atoms with van der Waals surface area (Å²) >= 11 is 0. The van der Waals surface area contributed by atoms with E-state index in [0.717, 1.165) is 11.1 Å². The average molecular weight is 313 g/mol. The van der Waals surface area contributed by atoms with E-state index in [0.29, 0.717) is 23.6 Å². The van der Waals surface area contributed by atoms with Gasteiger partial charge in [-0.15, -0.1) is 0 Å². The Morgan fingerprint density at radius 2 is 1.78 bits per heavy atom. The topological polar surface area (TPSA) is 23.4 Å². The lowest BCUT2D eigenvalue weighted by Crippen LogP contribution is -2.09. The Kier molecular flexibility index (Phi) is 4.24. The number of benzene rings is 2. The van der Waals surface area contributed by atoms with Gasteiger partial charge in [0.15, 0.2) is 11.5 Å². The molecule has 0 saturated carbocycles. The molecular formula is C19H20FNO2. The molecule has 0 aliphatic carbocycles. The molecule has 0 saturated heterocycles. The molecule has 0 fully saturated rings. The third-order valence-corrected chi connectivity index (χ3v) is 3.85. The van der Waals surface area contributed by atoms with Crippen LogP contribution in [0.4, 0.5) is 4.39 Å². The van der Waals surface area contributed by atoms with Gasteiger partial charge < -0.3 is 14.0 Å². The third-order valence-electron chi connectivity index (χ3n) is 3.85. The molecule has 0 atom stereocenters. The second kappa shape index (κ2) is 6.32. The van der Waals surface area contributed by atoms with Crippen molar-refractivity contribution in [2.45, 2.75) is 26.5 Å². The van der Waals surface area contributed by atoms with Crippen LogP contribution in [0, 0.1) is 5.82 Å². The Balaban J connectivity index is 1.97. The van der Waals surface area contributed by atoms with Crippen molar-refractivity contribution < 1.29 is 13.9 Å². The summed E-state index contributed by atoms with van der Waals surface area (Å²) in [5.41, 5.74) is 1.56. The summed E-state index contributed by atoms with van der Waals surface area (Å²) in [5.74, 6) is 1.15. The Labute approximate surface area is 135 Å². The number of hydrogen-bond donors (Lipinski definition) is 0. The summed E-state index contributed by atoms with van der Waals surface area (Å²) in [6.07, 6.45) is 0. The molecule has 1 aromatic heterocycles. The molecule has 0 aliphatic heterocycles. The fraction of sp³-hybridized carbons (Fsp3) is 0.263. The molecule has 23 heavy (non-hydrogen) atoms. The first-order valence-electron chi connectivity index (χ1n) is 7.66. The zero-order valence-electron chi connectivity index (χ0n) is 13.5. The molecule has 0 radical (unpaired) electrons. The smallest absolute Gasteiger partial charge is 0.161 e. The van der Waals surface area contributed by atoms with Crippen molar-refractivity contribution in [1.29, 1.82) is 0 Å². The second-order valence-electron chi connectivity index (χ2n) is 5.72. The molecule has 0 bridgehead atoms. The molecule has 3 rings (SSSR count). The van der Waals surface area contributed by atoms with Gasteiger partial charge in [0.2, 0.25) is 0 Å². The number of para-hydroxylation sites is 3. The normalized spacial score (nSPS) is 11.2. The highest BCUT2D eigenvalue weighted by molar-refractivity contribution is 5.82. The predicted octanol–water partition coefficient (Wildman–Crippen LogP) is 4.95. The number of ether oxygens (including phenoxy) is 2. The molecule has 0 unspecified atom stereocenters. The van der Waals surface area contributed by atoms with Gasteiger partial charge in [-0.3, -0.25) is 0 Å². The Hall–Kier alpha value is -2.49. The standard InChI is InChI=1S/C19H20FNO2/c1-13(2)21-15(11-14-7-6-8-16(20)19(14)21)12-23-18-10-5-4-9-17(18)22-3/h4-11,13H,12H2,1-3H3. The molecule has 3 aromatic rings. The van der Waals surface area contributed by atoms with Crippen molar-refractivity contribution in [2.75, 3.05) is 7.11 Å². The van der Waals surface area contributed by atoms with Crippen molar-refractivity contribution >= 4 is 10.9 Å². The average Bonchev–Trinajstić information content (AvgIpc) is 2.93. The first-order chi connectivity index (χ1) is 11.1. The van der Waals surface area contributed by atoms with E-state index < -0.39 is 0 Å². The van der Waals surface area contributed by atoms with E-state index in [-0.39, 0.29) is 11.9 Å². The van der Waals surface area contributed by atoms with Gasteiger partial charge in [-0.1, -0.05) is 24.3 Å². The first kappa shape index (κ1) is 15.4. The summed E-state index contributed by atoms with van der Waals surface area (Å²) < 4.78 is 27.4. The van der Waals surface area contributed by atoms with Gasteiger partial charge >= 0.3 is 0 Å². The van der Waals surface area contributed by atoms with Crippen molar-refractivity contribution in [3.63, 3.8) is 0 Å². The molecule has 3 nitrogen and oxygen atoms in total. The Morgan fingerprint density at radius 1 is 1.04 bits per heavy atom. The van der Waals surface area contributed by atoms with Gasteiger partial charge in [-0.25, -0.2) is 4.39 Å². The van der Waals surface area contributed by atoms with Crippen LogP contribution < -0.4 is 9.47 Å². The number of fused-ring (bicyclic) bond motifs is 1. The molecule has 0 amide bonds. The zero-order chi connectivity index (χ0) is 16.4. The van der Waals surface area contributed by atoms with Gasteiger partial charge in [0.25, 0.3) is 0 Å². The highest BCUT2D eigenvalue weighted by atomic mass is 19.1. The number of nitrogens with zero attached hydrogens (tertiary/aromatic N) is 1. The summed E-state index contributed by atoms with van der Waals surface area (Å²) in [6, 6.07) is 14.8. The molecule has 4 heteroatoms. The first-order valence-corrected chi connectivity index (χ1v) is 7.66. The van der Waals surface area contributed by atoms with E-state index in [9.17, 15) is 4.39 Å². The second-order valence-corrected chi connectivity index (χ2v) is 5.72. The molecule has 0 spiro atoms. The summed E-state index contributed by atoms with van der Waals surface area (Å²) in [7, 11) is 1.61. The van der Waals surface area contributed by atoms with Gasteiger partial charge in [-0.2, -0.15) is 0 Å². The van der Waals surface area contributed by atoms with Crippen molar-refractivity contribution in [3.05, 3.63) is 60.0 Å². The maximum absolute atomic E-state index is 14.2. The van der Waals surface area contributed by atoms with Crippen LogP contribution in [0.5, 0.6) is 11.5 Å². The SMILES string of the molecule is COc1ccccc1OCc1cc2cccc(F)c2n1C(C)C. The lowest BCUT2D eigenvalue weighted by molar-refractivity contribution is 0.274. The van der Waals surface area contributed by atoms with E-state index >= 15 is 0 Å². The van der Waals surface area contributed by atoms with Crippen LogP contribution in [0.3, 0.4) is 0 Å². The van der Waals surface area contributed by atoms with Crippen LogP contribution in [-0.2, 0) is 6.61 Å². The van der Waals surface area contributed by atoms with Gasteiger partial charge in [0.05, 0.1) is 18.3 Å². The third kappa shape index (κ3) is 2.89. The van der Waals surface area contributed by atoms with Crippen molar-refractivity contribution in [1.82, 2.24) is 4.57 Å². The van der Waals surface area contributed by atoms with E-state index in [1.165, 1.54) is 6.07 Å². The highest BCUT2D eigenvalue weighted by Crippen LogP contribution is 2.30. The number of halogens is 1. The lowest BCUT2D eigenvalue weighted by atomic mass is 10.2. The van der Waals surface area contributed by atoms with Crippen LogP contribution in [0.15, 0.2) is 48.5 Å². The van der Waals surface area contributed by atoms with Gasteiger partial charge in [-0.05, 0) is 38.1 Å². The van der Waals surface area contributed by atoms with Crippen molar-refractivity contribution in [2.24, 2.45) is 0 Å². The number of rotatable bonds is 5. The number of methoxy groups -OCH3 is 1. The zero-order valence-corrected chi connectivity index (χ0v) is 13.5. The molecule has 0 aliphatic rings. The largest absolute Gasteiger partial charge is 0.493 e. The van der Waals surface area contributed by atoms with E-state index in [1.807, 2.05) is 54.8 Å². The Morgan fingerprint density at radius 3 is 2.48 bits per heavy atom. The maximum atomic E-state index is 14.2.